The number of carbonyl (C=O) groups is 1. The zero-order valence-corrected chi connectivity index (χ0v) is 10.0. The molecular weight excluding hydrogens is 206 g/mol. The highest BCUT2D eigenvalue weighted by molar-refractivity contribution is 5.90. The molecule has 1 unspecified atom stereocenters. The van der Waals surface area contributed by atoms with Gasteiger partial charge in [-0.25, -0.2) is 0 Å². The van der Waals surface area contributed by atoms with Crippen LogP contribution in [0.3, 0.4) is 0 Å². The molecule has 0 spiro atoms. The predicted molar refractivity (Wildman–Crippen MR) is 62.2 cm³/mol. The number of nitrogens with zero attached hydrogens (tertiary/aromatic N) is 2. The van der Waals surface area contributed by atoms with E-state index in [-0.39, 0.29) is 17.8 Å². The number of likely N-dealkylation sites (tertiary alicyclic amines) is 1. The summed E-state index contributed by atoms with van der Waals surface area (Å²) in [5.74, 6) is 0.784. The van der Waals surface area contributed by atoms with Crippen molar-refractivity contribution in [2.45, 2.75) is 45.6 Å². The van der Waals surface area contributed by atoms with Crippen LogP contribution in [0.4, 0.5) is 0 Å². The average Bonchev–Trinajstić information content (AvgIpc) is 2.73. The van der Waals surface area contributed by atoms with Crippen LogP contribution in [-0.4, -0.2) is 34.4 Å². The molecular formula is C11H21N3O2. The summed E-state index contributed by atoms with van der Waals surface area (Å²) in [5.41, 5.74) is 5.57. The third-order valence-corrected chi connectivity index (χ3v) is 2.97. The predicted octanol–water partition coefficient (Wildman–Crippen LogP) is 1.16. The van der Waals surface area contributed by atoms with Crippen LogP contribution in [0.1, 0.15) is 39.5 Å². The second-order valence-electron chi connectivity index (χ2n) is 4.70. The number of rotatable bonds is 4. The summed E-state index contributed by atoms with van der Waals surface area (Å²) < 4.78 is 0. The maximum Gasteiger partial charge on any atom is 0.223 e. The van der Waals surface area contributed by atoms with Crippen molar-refractivity contribution in [2.75, 3.05) is 6.54 Å². The number of hydrogen-bond acceptors (Lipinski definition) is 3. The van der Waals surface area contributed by atoms with Crippen LogP contribution in [0.25, 0.3) is 0 Å². The van der Waals surface area contributed by atoms with Crippen molar-refractivity contribution >= 4 is 11.7 Å². The van der Waals surface area contributed by atoms with E-state index >= 15 is 0 Å². The van der Waals surface area contributed by atoms with E-state index in [0.717, 1.165) is 25.8 Å². The molecule has 0 saturated carbocycles. The van der Waals surface area contributed by atoms with Crippen LogP contribution < -0.4 is 5.73 Å². The van der Waals surface area contributed by atoms with Crippen molar-refractivity contribution in [2.24, 2.45) is 16.8 Å². The first-order chi connectivity index (χ1) is 7.56. The summed E-state index contributed by atoms with van der Waals surface area (Å²) >= 11 is 0. The lowest BCUT2D eigenvalue weighted by molar-refractivity contribution is -0.131. The van der Waals surface area contributed by atoms with E-state index < -0.39 is 0 Å². The molecule has 1 aliphatic heterocycles. The van der Waals surface area contributed by atoms with Crippen LogP contribution in [0, 0.1) is 5.92 Å². The van der Waals surface area contributed by atoms with Crippen molar-refractivity contribution in [3.05, 3.63) is 0 Å². The lowest BCUT2D eigenvalue weighted by Gasteiger charge is -2.23. The van der Waals surface area contributed by atoms with E-state index in [9.17, 15) is 4.79 Å². The Kier molecular flexibility index (Phi) is 4.58. The molecule has 1 fully saturated rings. The highest BCUT2D eigenvalue weighted by Gasteiger charge is 2.31. The lowest BCUT2D eigenvalue weighted by Crippen LogP contribution is -2.43. The Balaban J connectivity index is 2.54. The van der Waals surface area contributed by atoms with E-state index in [1.54, 1.807) is 4.90 Å². The van der Waals surface area contributed by atoms with E-state index in [0.29, 0.717) is 12.3 Å². The van der Waals surface area contributed by atoms with E-state index in [1.807, 2.05) is 0 Å². The van der Waals surface area contributed by atoms with Gasteiger partial charge in [0.25, 0.3) is 0 Å². The zero-order valence-electron chi connectivity index (χ0n) is 10.0. The largest absolute Gasteiger partial charge is 0.409 e. The number of carbonyl (C=O) groups excluding carboxylic acids is 1. The fourth-order valence-electron chi connectivity index (χ4n) is 2.00. The van der Waals surface area contributed by atoms with Crippen molar-refractivity contribution < 1.29 is 10.0 Å². The molecule has 5 heteroatoms. The van der Waals surface area contributed by atoms with E-state index in [2.05, 4.69) is 19.0 Å². The van der Waals surface area contributed by atoms with Gasteiger partial charge in [0.1, 0.15) is 0 Å². The number of oxime groups is 1. The van der Waals surface area contributed by atoms with Crippen LogP contribution in [-0.2, 0) is 4.79 Å². The summed E-state index contributed by atoms with van der Waals surface area (Å²) in [6.45, 7) is 4.91. The fourth-order valence-corrected chi connectivity index (χ4v) is 2.00. The summed E-state index contributed by atoms with van der Waals surface area (Å²) in [5, 5.41) is 11.6. The molecule has 0 radical (unpaired) electrons. The second-order valence-corrected chi connectivity index (χ2v) is 4.70. The topological polar surface area (TPSA) is 78.9 Å². The van der Waals surface area contributed by atoms with Gasteiger partial charge in [-0.1, -0.05) is 19.0 Å². The zero-order chi connectivity index (χ0) is 12.1. The van der Waals surface area contributed by atoms with Gasteiger partial charge in [0.05, 0.1) is 6.04 Å². The molecule has 0 aromatic rings. The highest BCUT2D eigenvalue weighted by atomic mass is 16.4. The molecule has 1 amide bonds. The van der Waals surface area contributed by atoms with Gasteiger partial charge in [-0.05, 0) is 25.2 Å². The number of nitrogens with two attached hydrogens (primary N) is 1. The third-order valence-electron chi connectivity index (χ3n) is 2.97. The van der Waals surface area contributed by atoms with Gasteiger partial charge in [-0.3, -0.25) is 4.79 Å². The number of amides is 1. The third kappa shape index (κ3) is 3.12. The molecule has 0 bridgehead atoms. The van der Waals surface area contributed by atoms with Gasteiger partial charge < -0.3 is 15.8 Å². The van der Waals surface area contributed by atoms with E-state index in [4.69, 9.17) is 10.9 Å². The Labute approximate surface area is 96.3 Å². The Morgan fingerprint density at radius 2 is 2.31 bits per heavy atom. The summed E-state index contributed by atoms with van der Waals surface area (Å²) in [6.07, 6.45) is 3.16. The molecule has 1 aliphatic rings. The Bertz CT molecular complexity index is 276. The fraction of sp³-hybridized carbons (Fsp3) is 0.818. The smallest absolute Gasteiger partial charge is 0.223 e. The monoisotopic (exact) mass is 227 g/mol. The van der Waals surface area contributed by atoms with Gasteiger partial charge in [-0.15, -0.1) is 0 Å². The minimum absolute atomic E-state index is 0.114. The van der Waals surface area contributed by atoms with Crippen LogP contribution >= 0.6 is 0 Å². The SMILES string of the molecule is CC(C)CCC(=O)N1CCCC1C(N)=NO. The summed E-state index contributed by atoms with van der Waals surface area (Å²) in [4.78, 5) is 13.6. The van der Waals surface area contributed by atoms with E-state index in [1.165, 1.54) is 0 Å². The van der Waals surface area contributed by atoms with Gasteiger partial charge in [0.15, 0.2) is 5.84 Å². The van der Waals surface area contributed by atoms with Crippen LogP contribution in [0.2, 0.25) is 0 Å². The molecule has 0 aromatic heterocycles. The van der Waals surface area contributed by atoms with Crippen molar-refractivity contribution in [3.63, 3.8) is 0 Å². The van der Waals surface area contributed by atoms with Gasteiger partial charge in [-0.2, -0.15) is 0 Å². The molecule has 0 aromatic carbocycles. The molecule has 0 aliphatic carbocycles. The Hall–Kier alpha value is -1.26. The first-order valence-corrected chi connectivity index (χ1v) is 5.83. The minimum atomic E-state index is -0.204. The maximum absolute atomic E-state index is 11.9. The summed E-state index contributed by atoms with van der Waals surface area (Å²) in [7, 11) is 0. The van der Waals surface area contributed by atoms with Crippen molar-refractivity contribution in [3.8, 4) is 0 Å². The number of hydrogen-bond donors (Lipinski definition) is 2. The van der Waals surface area contributed by atoms with Crippen molar-refractivity contribution in [1.82, 2.24) is 4.90 Å². The number of amidine groups is 1. The molecule has 1 rings (SSSR count). The highest BCUT2D eigenvalue weighted by Crippen LogP contribution is 2.19. The van der Waals surface area contributed by atoms with Crippen LogP contribution in [0.5, 0.6) is 0 Å². The Morgan fingerprint density at radius 3 is 2.88 bits per heavy atom. The first kappa shape index (κ1) is 12.8. The molecule has 5 nitrogen and oxygen atoms in total. The maximum atomic E-state index is 11.9. The molecule has 16 heavy (non-hydrogen) atoms. The molecule has 92 valence electrons. The normalized spacial score (nSPS) is 21.8. The Morgan fingerprint density at radius 1 is 1.62 bits per heavy atom. The van der Waals surface area contributed by atoms with Gasteiger partial charge in [0.2, 0.25) is 5.91 Å². The van der Waals surface area contributed by atoms with Gasteiger partial charge in [0, 0.05) is 13.0 Å². The van der Waals surface area contributed by atoms with Crippen molar-refractivity contribution in [1.29, 1.82) is 0 Å². The molecule has 1 atom stereocenters. The first-order valence-electron chi connectivity index (χ1n) is 5.83. The molecule has 1 saturated heterocycles. The second kappa shape index (κ2) is 5.72. The summed E-state index contributed by atoms with van der Waals surface area (Å²) in [6, 6.07) is -0.204. The minimum Gasteiger partial charge on any atom is -0.409 e. The van der Waals surface area contributed by atoms with Gasteiger partial charge >= 0.3 is 0 Å². The molecule has 1 heterocycles. The van der Waals surface area contributed by atoms with Crippen LogP contribution in [0.15, 0.2) is 5.16 Å². The average molecular weight is 227 g/mol. The molecule has 3 N–H and O–H groups in total. The lowest BCUT2D eigenvalue weighted by atomic mass is 10.1. The quantitative estimate of drug-likeness (QED) is 0.327. The standard InChI is InChI=1S/C11H21N3O2/c1-8(2)5-6-10(15)14-7-3-4-9(14)11(12)13-16/h8-9,16H,3-7H2,1-2H3,(H2,12,13).